The molecule has 0 unspecified atom stereocenters. The number of hydrogen-bond donors (Lipinski definition) is 0. The molecule has 0 aliphatic rings. The van der Waals surface area contributed by atoms with Crippen LogP contribution in [-0.4, -0.2) is 6.29 Å². The first-order valence-corrected chi connectivity index (χ1v) is 3.59. The average Bonchev–Trinajstić information content (AvgIpc) is 1.84. The van der Waals surface area contributed by atoms with Gasteiger partial charge in [0.2, 0.25) is 0 Å². The van der Waals surface area contributed by atoms with Gasteiger partial charge in [-0.1, -0.05) is 33.6 Å². The van der Waals surface area contributed by atoms with Crippen LogP contribution in [-0.2, 0) is 4.79 Å². The van der Waals surface area contributed by atoms with Gasteiger partial charge in [0, 0.05) is 5.41 Å². The first-order valence-electron chi connectivity index (χ1n) is 3.59. The van der Waals surface area contributed by atoms with E-state index in [1.54, 1.807) is 0 Å². The van der Waals surface area contributed by atoms with E-state index in [0.717, 1.165) is 19.1 Å². The molecule has 0 amide bonds. The Morgan fingerprint density at radius 2 is 2.00 bits per heavy atom. The molecule has 0 saturated carbocycles. The summed E-state index contributed by atoms with van der Waals surface area (Å²) in [6.45, 7) is 6.10. The third-order valence-electron chi connectivity index (χ3n) is 1.49. The number of rotatable bonds is 4. The van der Waals surface area contributed by atoms with E-state index in [1.807, 2.05) is 13.8 Å². The van der Waals surface area contributed by atoms with E-state index in [0.29, 0.717) is 0 Å². The van der Waals surface area contributed by atoms with Gasteiger partial charge < -0.3 is 4.79 Å². The van der Waals surface area contributed by atoms with Crippen LogP contribution in [0.5, 0.6) is 0 Å². The first-order chi connectivity index (χ1) is 4.12. The summed E-state index contributed by atoms with van der Waals surface area (Å²) in [5.41, 5.74) is -0.0873. The molecular formula is C8H16O. The minimum atomic E-state index is -0.0873. The fourth-order valence-electron chi connectivity index (χ4n) is 0.691. The monoisotopic (exact) mass is 128 g/mol. The highest BCUT2D eigenvalue weighted by molar-refractivity contribution is 5.57. The Morgan fingerprint density at radius 1 is 1.44 bits per heavy atom. The Bertz CT molecular complexity index is 84.6. The van der Waals surface area contributed by atoms with Gasteiger partial charge in [-0.15, -0.1) is 0 Å². The molecule has 0 heterocycles. The second kappa shape index (κ2) is 3.65. The van der Waals surface area contributed by atoms with Crippen LogP contribution in [0, 0.1) is 5.41 Å². The molecular weight excluding hydrogens is 112 g/mol. The van der Waals surface area contributed by atoms with E-state index in [-0.39, 0.29) is 5.41 Å². The summed E-state index contributed by atoms with van der Waals surface area (Å²) in [5, 5.41) is 0. The van der Waals surface area contributed by atoms with Crippen LogP contribution in [0.1, 0.15) is 40.0 Å². The largest absolute Gasteiger partial charge is 0.303 e. The van der Waals surface area contributed by atoms with Crippen molar-refractivity contribution in [1.29, 1.82) is 0 Å². The molecule has 54 valence electrons. The van der Waals surface area contributed by atoms with E-state index in [1.165, 1.54) is 6.42 Å². The normalized spacial score (nSPS) is 11.4. The lowest BCUT2D eigenvalue weighted by atomic mass is 9.89. The number of aldehydes is 1. The summed E-state index contributed by atoms with van der Waals surface area (Å²) < 4.78 is 0. The number of hydrogen-bond acceptors (Lipinski definition) is 1. The van der Waals surface area contributed by atoms with Crippen molar-refractivity contribution in [3.8, 4) is 0 Å². The highest BCUT2D eigenvalue weighted by Crippen LogP contribution is 2.19. The predicted molar refractivity (Wildman–Crippen MR) is 39.4 cm³/mol. The van der Waals surface area contributed by atoms with E-state index in [4.69, 9.17) is 0 Å². The summed E-state index contributed by atoms with van der Waals surface area (Å²) in [4.78, 5) is 10.3. The second-order valence-electron chi connectivity index (χ2n) is 3.21. The molecule has 0 rings (SSSR count). The molecule has 0 fully saturated rings. The maximum Gasteiger partial charge on any atom is 0.125 e. The van der Waals surface area contributed by atoms with E-state index >= 15 is 0 Å². The average molecular weight is 128 g/mol. The third kappa shape index (κ3) is 4.19. The van der Waals surface area contributed by atoms with Gasteiger partial charge in [-0.05, 0) is 6.42 Å². The molecule has 0 saturated heterocycles. The van der Waals surface area contributed by atoms with Gasteiger partial charge in [0.25, 0.3) is 0 Å². The van der Waals surface area contributed by atoms with Crippen molar-refractivity contribution in [3.05, 3.63) is 0 Å². The van der Waals surface area contributed by atoms with E-state index < -0.39 is 0 Å². The maximum absolute atomic E-state index is 10.3. The van der Waals surface area contributed by atoms with Crippen molar-refractivity contribution < 1.29 is 4.79 Å². The Labute approximate surface area is 57.5 Å². The van der Waals surface area contributed by atoms with Gasteiger partial charge >= 0.3 is 0 Å². The van der Waals surface area contributed by atoms with Crippen molar-refractivity contribution in [3.63, 3.8) is 0 Å². The fourth-order valence-corrected chi connectivity index (χ4v) is 0.691. The van der Waals surface area contributed by atoms with Gasteiger partial charge in [-0.3, -0.25) is 0 Å². The number of carbonyl (C=O) groups is 1. The minimum Gasteiger partial charge on any atom is -0.303 e. The lowest BCUT2D eigenvalue weighted by molar-refractivity contribution is -0.115. The SMILES string of the molecule is CCCCC(C)(C)C=O. The number of carbonyl (C=O) groups excluding carboxylic acids is 1. The topological polar surface area (TPSA) is 17.1 Å². The third-order valence-corrected chi connectivity index (χ3v) is 1.49. The molecule has 1 nitrogen and oxygen atoms in total. The first kappa shape index (κ1) is 8.67. The molecule has 0 aromatic rings. The molecule has 0 radical (unpaired) electrons. The van der Waals surface area contributed by atoms with Gasteiger partial charge in [0.1, 0.15) is 6.29 Å². The van der Waals surface area contributed by atoms with Gasteiger partial charge in [0.15, 0.2) is 0 Å². The van der Waals surface area contributed by atoms with Crippen molar-refractivity contribution >= 4 is 6.29 Å². The predicted octanol–water partition coefficient (Wildman–Crippen LogP) is 2.40. The Kier molecular flexibility index (Phi) is 3.52. The molecule has 0 aromatic carbocycles. The standard InChI is InChI=1S/C8H16O/c1-4-5-6-8(2,3)7-9/h7H,4-6H2,1-3H3. The van der Waals surface area contributed by atoms with Gasteiger partial charge in [-0.2, -0.15) is 0 Å². The lowest BCUT2D eigenvalue weighted by Gasteiger charge is -2.14. The summed E-state index contributed by atoms with van der Waals surface area (Å²) in [5.74, 6) is 0. The van der Waals surface area contributed by atoms with Gasteiger partial charge in [-0.25, -0.2) is 0 Å². The van der Waals surface area contributed by atoms with Crippen LogP contribution in [0.3, 0.4) is 0 Å². The molecule has 0 spiro atoms. The zero-order chi connectivity index (χ0) is 7.33. The zero-order valence-electron chi connectivity index (χ0n) is 6.61. The van der Waals surface area contributed by atoms with Crippen molar-refractivity contribution in [2.75, 3.05) is 0 Å². The second-order valence-corrected chi connectivity index (χ2v) is 3.21. The van der Waals surface area contributed by atoms with Crippen molar-refractivity contribution in [2.24, 2.45) is 5.41 Å². The minimum absolute atomic E-state index is 0.0873. The maximum atomic E-state index is 10.3. The molecule has 0 atom stereocenters. The van der Waals surface area contributed by atoms with Crippen LogP contribution in [0.25, 0.3) is 0 Å². The van der Waals surface area contributed by atoms with E-state index in [9.17, 15) is 4.79 Å². The Balaban J connectivity index is 3.45. The Morgan fingerprint density at radius 3 is 2.33 bits per heavy atom. The summed E-state index contributed by atoms with van der Waals surface area (Å²) >= 11 is 0. The molecule has 0 bridgehead atoms. The number of unbranched alkanes of at least 4 members (excludes halogenated alkanes) is 1. The lowest BCUT2D eigenvalue weighted by Crippen LogP contribution is -2.11. The smallest absolute Gasteiger partial charge is 0.125 e. The van der Waals surface area contributed by atoms with Crippen LogP contribution in [0.4, 0.5) is 0 Å². The molecule has 0 aromatic heterocycles. The molecule has 0 aliphatic heterocycles. The highest BCUT2D eigenvalue weighted by atomic mass is 16.1. The van der Waals surface area contributed by atoms with Gasteiger partial charge in [0.05, 0.1) is 0 Å². The summed E-state index contributed by atoms with van der Waals surface area (Å²) in [6.07, 6.45) is 4.40. The molecule has 0 N–H and O–H groups in total. The molecule has 1 heteroatoms. The van der Waals surface area contributed by atoms with E-state index in [2.05, 4.69) is 6.92 Å². The highest BCUT2D eigenvalue weighted by Gasteiger charge is 2.14. The summed E-state index contributed by atoms with van der Waals surface area (Å²) in [7, 11) is 0. The zero-order valence-corrected chi connectivity index (χ0v) is 6.61. The van der Waals surface area contributed by atoms with Crippen LogP contribution in [0.2, 0.25) is 0 Å². The molecule has 0 aliphatic carbocycles. The van der Waals surface area contributed by atoms with Crippen LogP contribution in [0.15, 0.2) is 0 Å². The van der Waals surface area contributed by atoms with Crippen molar-refractivity contribution in [2.45, 2.75) is 40.0 Å². The quantitative estimate of drug-likeness (QED) is 0.531. The van der Waals surface area contributed by atoms with Crippen molar-refractivity contribution in [1.82, 2.24) is 0 Å². The fraction of sp³-hybridized carbons (Fsp3) is 0.875. The summed E-state index contributed by atoms with van der Waals surface area (Å²) in [6, 6.07) is 0. The Hall–Kier alpha value is -0.330. The molecule has 9 heavy (non-hydrogen) atoms. The van der Waals surface area contributed by atoms with Crippen LogP contribution < -0.4 is 0 Å². The van der Waals surface area contributed by atoms with Crippen LogP contribution >= 0.6 is 0 Å².